The Bertz CT molecular complexity index is 582. The molecule has 0 aliphatic heterocycles. The van der Waals surface area contributed by atoms with Gasteiger partial charge in [0, 0.05) is 18.0 Å². The van der Waals surface area contributed by atoms with Crippen molar-refractivity contribution in [2.75, 3.05) is 0 Å². The molecule has 1 N–H and O–H groups in total. The number of aromatic nitrogens is 2. The Kier molecular flexibility index (Phi) is 1.33. The average Bonchev–Trinajstić information content (AvgIpc) is 2.43. The van der Waals surface area contributed by atoms with Crippen molar-refractivity contribution in [1.29, 1.82) is 0 Å². The molecular weight excluding hydrogens is 196 g/mol. The van der Waals surface area contributed by atoms with E-state index in [0.717, 1.165) is 0 Å². The molecule has 1 aromatic heterocycles. The van der Waals surface area contributed by atoms with Gasteiger partial charge in [0.15, 0.2) is 0 Å². The van der Waals surface area contributed by atoms with Crippen LogP contribution in [0.2, 0.25) is 0 Å². The lowest BCUT2D eigenvalue weighted by Crippen LogP contribution is -2.37. The highest BCUT2D eigenvalue weighted by Gasteiger charge is 2.51. The van der Waals surface area contributed by atoms with Crippen LogP contribution in [0.1, 0.15) is 36.1 Å². The summed E-state index contributed by atoms with van der Waals surface area (Å²) in [6, 6.07) is 6.90. The van der Waals surface area contributed by atoms with Crippen molar-refractivity contribution in [2.24, 2.45) is 7.05 Å². The molecule has 1 saturated carbocycles. The van der Waals surface area contributed by atoms with E-state index >= 15 is 0 Å². The lowest BCUT2D eigenvalue weighted by atomic mass is 9.64. The van der Waals surface area contributed by atoms with E-state index in [-0.39, 0.29) is 0 Å². The van der Waals surface area contributed by atoms with Crippen molar-refractivity contribution in [1.82, 2.24) is 9.78 Å². The number of nitrogens with one attached hydrogen (secondary N) is 1. The molecule has 2 aliphatic rings. The van der Waals surface area contributed by atoms with Crippen LogP contribution in [0.25, 0.3) is 11.3 Å². The Labute approximate surface area is 95.3 Å². The lowest BCUT2D eigenvalue weighted by Gasteiger charge is -2.41. The van der Waals surface area contributed by atoms with Crippen LogP contribution in [0, 0.1) is 6.92 Å². The minimum absolute atomic E-state index is 0.372. The molecule has 0 bridgehead atoms. The number of aromatic amines is 1. The molecule has 0 amide bonds. The van der Waals surface area contributed by atoms with E-state index in [1.165, 1.54) is 36.1 Å². The Morgan fingerprint density at radius 3 is 2.75 bits per heavy atom. The van der Waals surface area contributed by atoms with E-state index < -0.39 is 0 Å². The number of hydrogen-bond donors (Lipinski definition) is 1. The molecular formula is C14H16N2. The van der Waals surface area contributed by atoms with E-state index in [1.54, 1.807) is 11.3 Å². The molecule has 1 fully saturated rings. The third-order valence-corrected chi connectivity index (χ3v) is 4.47. The summed E-state index contributed by atoms with van der Waals surface area (Å²) in [6.07, 6.45) is 4.03. The molecule has 2 nitrogen and oxygen atoms in total. The maximum atomic E-state index is 3.42. The molecule has 2 heteroatoms. The number of benzene rings is 1. The van der Waals surface area contributed by atoms with E-state index in [1.807, 2.05) is 0 Å². The molecule has 1 spiro atoms. The summed E-state index contributed by atoms with van der Waals surface area (Å²) in [4.78, 5) is 0. The zero-order chi connectivity index (χ0) is 10.9. The molecule has 0 atom stereocenters. The summed E-state index contributed by atoms with van der Waals surface area (Å²) in [5.41, 5.74) is 7.70. The van der Waals surface area contributed by atoms with E-state index in [2.05, 4.69) is 42.0 Å². The summed E-state index contributed by atoms with van der Waals surface area (Å²) >= 11 is 0. The van der Waals surface area contributed by atoms with Gasteiger partial charge in [-0.15, -0.1) is 0 Å². The monoisotopic (exact) mass is 212 g/mol. The molecule has 2 aliphatic carbocycles. The van der Waals surface area contributed by atoms with Crippen LogP contribution in [0.4, 0.5) is 0 Å². The van der Waals surface area contributed by atoms with Gasteiger partial charge < -0.3 is 0 Å². The predicted octanol–water partition coefficient (Wildman–Crippen LogP) is 3.11. The predicted molar refractivity (Wildman–Crippen MR) is 64.6 cm³/mol. The topological polar surface area (TPSA) is 20.7 Å². The van der Waals surface area contributed by atoms with Crippen LogP contribution in [0.5, 0.6) is 0 Å². The molecule has 2 aromatic rings. The first-order valence-corrected chi connectivity index (χ1v) is 6.09. The van der Waals surface area contributed by atoms with Crippen molar-refractivity contribution in [3.63, 3.8) is 0 Å². The number of fused-ring (bicyclic) bond motifs is 5. The van der Waals surface area contributed by atoms with Crippen LogP contribution in [0.3, 0.4) is 0 Å². The van der Waals surface area contributed by atoms with Gasteiger partial charge in [0.25, 0.3) is 0 Å². The van der Waals surface area contributed by atoms with Gasteiger partial charge in [-0.25, -0.2) is 0 Å². The first-order valence-electron chi connectivity index (χ1n) is 6.09. The first kappa shape index (κ1) is 8.68. The van der Waals surface area contributed by atoms with Gasteiger partial charge in [0.2, 0.25) is 0 Å². The standard InChI is InChI=1S/C14H16N2/c1-9-4-5-10-11(8-9)14(6-3-7-14)13-12(10)15-16(13)2/h4-5,8,15H,3,6-7H2,1-2H3. The number of aryl methyl sites for hydroxylation is 2. The number of H-pyrrole nitrogens is 1. The van der Waals surface area contributed by atoms with Crippen LogP contribution in [-0.4, -0.2) is 9.78 Å². The van der Waals surface area contributed by atoms with Crippen molar-refractivity contribution in [3.05, 3.63) is 35.0 Å². The summed E-state index contributed by atoms with van der Waals surface area (Å²) in [6.45, 7) is 2.19. The molecule has 4 rings (SSSR count). The molecule has 0 unspecified atom stereocenters. The van der Waals surface area contributed by atoms with Crippen molar-refractivity contribution >= 4 is 0 Å². The third kappa shape index (κ3) is 0.742. The maximum absolute atomic E-state index is 3.42. The second-order valence-electron chi connectivity index (χ2n) is 5.38. The Morgan fingerprint density at radius 2 is 2.12 bits per heavy atom. The fourth-order valence-corrected chi connectivity index (χ4v) is 3.58. The second-order valence-corrected chi connectivity index (χ2v) is 5.38. The largest absolute Gasteiger partial charge is 0.296 e. The van der Waals surface area contributed by atoms with Crippen LogP contribution < -0.4 is 0 Å². The Morgan fingerprint density at radius 1 is 1.31 bits per heavy atom. The van der Waals surface area contributed by atoms with E-state index in [0.29, 0.717) is 5.41 Å². The highest BCUT2D eigenvalue weighted by atomic mass is 15.3. The second kappa shape index (κ2) is 2.45. The molecule has 0 saturated heterocycles. The van der Waals surface area contributed by atoms with Gasteiger partial charge >= 0.3 is 0 Å². The van der Waals surface area contributed by atoms with Gasteiger partial charge in [-0.05, 0) is 25.3 Å². The summed E-state index contributed by atoms with van der Waals surface area (Å²) in [5, 5.41) is 3.42. The number of hydrogen-bond acceptors (Lipinski definition) is 0. The van der Waals surface area contributed by atoms with Crippen LogP contribution >= 0.6 is 0 Å². The maximum Gasteiger partial charge on any atom is 0.0836 e. The van der Waals surface area contributed by atoms with E-state index in [4.69, 9.17) is 0 Å². The molecule has 1 aromatic carbocycles. The quantitative estimate of drug-likeness (QED) is 0.692. The van der Waals surface area contributed by atoms with Gasteiger partial charge in [0.1, 0.15) is 0 Å². The van der Waals surface area contributed by atoms with Gasteiger partial charge in [-0.3, -0.25) is 9.78 Å². The van der Waals surface area contributed by atoms with Crippen molar-refractivity contribution < 1.29 is 0 Å². The first-order chi connectivity index (χ1) is 7.72. The molecule has 82 valence electrons. The summed E-state index contributed by atoms with van der Waals surface area (Å²) in [7, 11) is 2.14. The molecule has 16 heavy (non-hydrogen) atoms. The van der Waals surface area contributed by atoms with Crippen molar-refractivity contribution in [2.45, 2.75) is 31.6 Å². The Balaban J connectivity index is 2.04. The minimum atomic E-state index is 0.372. The van der Waals surface area contributed by atoms with Gasteiger partial charge in [0.05, 0.1) is 11.4 Å². The summed E-state index contributed by atoms with van der Waals surface area (Å²) < 4.78 is 2.21. The smallest absolute Gasteiger partial charge is 0.0836 e. The van der Waals surface area contributed by atoms with Gasteiger partial charge in [-0.1, -0.05) is 30.2 Å². The normalized spacial score (nSPS) is 19.6. The fourth-order valence-electron chi connectivity index (χ4n) is 3.58. The fraction of sp³-hybridized carbons (Fsp3) is 0.429. The SMILES string of the molecule is Cc1ccc2c(c1)C1(CCC1)c1c-2[nH]n1C. The summed E-state index contributed by atoms with van der Waals surface area (Å²) in [5.74, 6) is 0. The minimum Gasteiger partial charge on any atom is -0.296 e. The Hall–Kier alpha value is -1.44. The average molecular weight is 212 g/mol. The number of rotatable bonds is 0. The molecule has 1 heterocycles. The molecule has 0 radical (unpaired) electrons. The third-order valence-electron chi connectivity index (χ3n) is 4.47. The lowest BCUT2D eigenvalue weighted by molar-refractivity contribution is 0.282. The number of nitrogens with zero attached hydrogens (tertiary/aromatic N) is 1. The highest BCUT2D eigenvalue weighted by Crippen LogP contribution is 2.59. The van der Waals surface area contributed by atoms with E-state index in [9.17, 15) is 0 Å². The van der Waals surface area contributed by atoms with Crippen LogP contribution in [0.15, 0.2) is 18.2 Å². The van der Waals surface area contributed by atoms with Crippen LogP contribution in [-0.2, 0) is 12.5 Å². The van der Waals surface area contributed by atoms with Crippen molar-refractivity contribution in [3.8, 4) is 11.3 Å². The zero-order valence-electron chi connectivity index (χ0n) is 9.80. The zero-order valence-corrected chi connectivity index (χ0v) is 9.80. The van der Waals surface area contributed by atoms with Gasteiger partial charge in [-0.2, -0.15) is 0 Å². The highest BCUT2D eigenvalue weighted by molar-refractivity contribution is 5.78.